The molecule has 1 aromatic rings. The van der Waals surface area contributed by atoms with E-state index >= 15 is 0 Å². The summed E-state index contributed by atoms with van der Waals surface area (Å²) in [6.07, 6.45) is 5.30. The van der Waals surface area contributed by atoms with Crippen molar-refractivity contribution in [1.82, 2.24) is 10.2 Å². The number of aryl methyl sites for hydroxylation is 1. The van der Waals surface area contributed by atoms with Crippen molar-refractivity contribution >= 4 is 0 Å². The third kappa shape index (κ3) is 4.96. The lowest BCUT2D eigenvalue weighted by Gasteiger charge is -2.29. The fourth-order valence-electron chi connectivity index (χ4n) is 2.78. The Hall–Kier alpha value is -0.860. The van der Waals surface area contributed by atoms with Gasteiger partial charge in [-0.2, -0.15) is 0 Å². The normalized spacial score (nSPS) is 18.4. The Morgan fingerprint density at radius 2 is 1.68 bits per heavy atom. The molecule has 0 saturated carbocycles. The lowest BCUT2D eigenvalue weighted by molar-refractivity contribution is 0.209. The Bertz CT molecular complexity index is 352. The maximum absolute atomic E-state index is 3.64. The van der Waals surface area contributed by atoms with Crippen molar-refractivity contribution in [3.8, 4) is 0 Å². The van der Waals surface area contributed by atoms with Crippen molar-refractivity contribution in [2.75, 3.05) is 19.6 Å². The molecule has 1 atom stereocenters. The number of likely N-dealkylation sites (tertiary alicyclic amines) is 1. The minimum absolute atomic E-state index is 0.573. The van der Waals surface area contributed by atoms with Crippen molar-refractivity contribution in [1.29, 1.82) is 0 Å². The molecule has 2 nitrogen and oxygen atoms in total. The van der Waals surface area contributed by atoms with E-state index in [0.29, 0.717) is 6.04 Å². The van der Waals surface area contributed by atoms with Gasteiger partial charge in [-0.05, 0) is 50.4 Å². The van der Waals surface area contributed by atoms with Crippen LogP contribution in [0.5, 0.6) is 0 Å². The van der Waals surface area contributed by atoms with E-state index in [1.54, 1.807) is 0 Å². The molecule has 1 unspecified atom stereocenters. The molecule has 1 heterocycles. The smallest absolute Gasteiger partial charge is 0.0208 e. The fraction of sp³-hybridized carbons (Fsp3) is 0.647. The largest absolute Gasteiger partial charge is 0.309 e. The van der Waals surface area contributed by atoms with Gasteiger partial charge in [0.05, 0.1) is 0 Å². The summed E-state index contributed by atoms with van der Waals surface area (Å²) in [6, 6.07) is 9.56. The SMILES string of the molecule is CCc1ccc(CNC(C)CN2CCCCC2)cc1. The molecule has 0 amide bonds. The number of nitrogens with zero attached hydrogens (tertiary/aromatic N) is 1. The molecule has 0 radical (unpaired) electrons. The van der Waals surface area contributed by atoms with Gasteiger partial charge >= 0.3 is 0 Å². The van der Waals surface area contributed by atoms with Crippen LogP contribution in [0.25, 0.3) is 0 Å². The van der Waals surface area contributed by atoms with Gasteiger partial charge in [0.1, 0.15) is 0 Å². The third-order valence-corrected chi connectivity index (χ3v) is 4.07. The Morgan fingerprint density at radius 1 is 1.05 bits per heavy atom. The average Bonchev–Trinajstić information content (AvgIpc) is 2.47. The van der Waals surface area contributed by atoms with E-state index in [-0.39, 0.29) is 0 Å². The van der Waals surface area contributed by atoms with Crippen LogP contribution in [0.15, 0.2) is 24.3 Å². The molecule has 0 bridgehead atoms. The first kappa shape index (κ1) is 14.5. The second kappa shape index (κ2) is 7.66. The summed E-state index contributed by atoms with van der Waals surface area (Å²) in [6.45, 7) is 9.25. The van der Waals surface area contributed by atoms with Crippen LogP contribution in [0.4, 0.5) is 0 Å². The van der Waals surface area contributed by atoms with Crippen LogP contribution in [-0.2, 0) is 13.0 Å². The van der Waals surface area contributed by atoms with Crippen LogP contribution in [0.3, 0.4) is 0 Å². The lowest BCUT2D eigenvalue weighted by Crippen LogP contribution is -2.41. The monoisotopic (exact) mass is 260 g/mol. The van der Waals surface area contributed by atoms with Crippen molar-refractivity contribution < 1.29 is 0 Å². The van der Waals surface area contributed by atoms with Crippen molar-refractivity contribution in [3.63, 3.8) is 0 Å². The van der Waals surface area contributed by atoms with E-state index in [9.17, 15) is 0 Å². The molecule has 0 aliphatic carbocycles. The Morgan fingerprint density at radius 3 is 2.32 bits per heavy atom. The van der Waals surface area contributed by atoms with Crippen LogP contribution in [0.1, 0.15) is 44.2 Å². The summed E-state index contributed by atoms with van der Waals surface area (Å²) in [5.41, 5.74) is 2.81. The van der Waals surface area contributed by atoms with E-state index in [0.717, 1.165) is 13.0 Å². The maximum Gasteiger partial charge on any atom is 0.0208 e. The summed E-state index contributed by atoms with van der Waals surface area (Å²) in [7, 11) is 0. The van der Waals surface area contributed by atoms with E-state index in [1.165, 1.54) is 50.0 Å². The van der Waals surface area contributed by atoms with Gasteiger partial charge in [-0.3, -0.25) is 0 Å². The minimum Gasteiger partial charge on any atom is -0.309 e. The highest BCUT2D eigenvalue weighted by Crippen LogP contribution is 2.09. The summed E-state index contributed by atoms with van der Waals surface area (Å²) in [4.78, 5) is 2.60. The molecule has 1 N–H and O–H groups in total. The first-order valence-electron chi connectivity index (χ1n) is 7.81. The van der Waals surface area contributed by atoms with Crippen LogP contribution >= 0.6 is 0 Å². The van der Waals surface area contributed by atoms with Gasteiger partial charge < -0.3 is 10.2 Å². The van der Waals surface area contributed by atoms with Gasteiger partial charge in [0.15, 0.2) is 0 Å². The number of nitrogens with one attached hydrogen (secondary N) is 1. The molecule has 106 valence electrons. The number of rotatable bonds is 6. The number of hydrogen-bond donors (Lipinski definition) is 1. The standard InChI is InChI=1S/C17H28N2/c1-3-16-7-9-17(10-8-16)13-18-15(2)14-19-11-5-4-6-12-19/h7-10,15,18H,3-6,11-14H2,1-2H3. The second-order valence-corrected chi connectivity index (χ2v) is 5.81. The average molecular weight is 260 g/mol. The molecule has 1 aliphatic rings. The summed E-state index contributed by atoms with van der Waals surface area (Å²) >= 11 is 0. The minimum atomic E-state index is 0.573. The molecule has 1 saturated heterocycles. The zero-order valence-corrected chi connectivity index (χ0v) is 12.5. The van der Waals surface area contributed by atoms with Crippen molar-refractivity contribution in [3.05, 3.63) is 35.4 Å². The first-order chi connectivity index (χ1) is 9.28. The fourth-order valence-corrected chi connectivity index (χ4v) is 2.78. The Balaban J connectivity index is 1.71. The molecule has 1 fully saturated rings. The quantitative estimate of drug-likeness (QED) is 0.845. The summed E-state index contributed by atoms with van der Waals surface area (Å²) in [5, 5.41) is 3.64. The second-order valence-electron chi connectivity index (χ2n) is 5.81. The third-order valence-electron chi connectivity index (χ3n) is 4.07. The topological polar surface area (TPSA) is 15.3 Å². The zero-order valence-electron chi connectivity index (χ0n) is 12.5. The van der Waals surface area contributed by atoms with Gasteiger partial charge in [-0.15, -0.1) is 0 Å². The summed E-state index contributed by atoms with van der Waals surface area (Å²) < 4.78 is 0. The zero-order chi connectivity index (χ0) is 13.5. The van der Waals surface area contributed by atoms with Gasteiger partial charge in [-0.1, -0.05) is 37.6 Å². The highest BCUT2D eigenvalue weighted by atomic mass is 15.1. The molecule has 2 rings (SSSR count). The van der Waals surface area contributed by atoms with Gasteiger partial charge in [0, 0.05) is 19.1 Å². The van der Waals surface area contributed by atoms with Crippen LogP contribution in [0, 0.1) is 0 Å². The number of piperidine rings is 1. The van der Waals surface area contributed by atoms with Gasteiger partial charge in [-0.25, -0.2) is 0 Å². The van der Waals surface area contributed by atoms with Gasteiger partial charge in [0.25, 0.3) is 0 Å². The van der Waals surface area contributed by atoms with Crippen molar-refractivity contribution in [2.45, 2.75) is 52.1 Å². The predicted octanol–water partition coefficient (Wildman–Crippen LogP) is 3.21. The van der Waals surface area contributed by atoms with Crippen LogP contribution in [0.2, 0.25) is 0 Å². The Kier molecular flexibility index (Phi) is 5.87. The van der Waals surface area contributed by atoms with E-state index < -0.39 is 0 Å². The Labute approximate surface area is 118 Å². The van der Waals surface area contributed by atoms with Crippen molar-refractivity contribution in [2.24, 2.45) is 0 Å². The van der Waals surface area contributed by atoms with Crippen LogP contribution < -0.4 is 5.32 Å². The van der Waals surface area contributed by atoms with Gasteiger partial charge in [0.2, 0.25) is 0 Å². The summed E-state index contributed by atoms with van der Waals surface area (Å²) in [5.74, 6) is 0. The lowest BCUT2D eigenvalue weighted by atomic mass is 10.1. The maximum atomic E-state index is 3.64. The molecule has 0 spiro atoms. The van der Waals surface area contributed by atoms with Crippen LogP contribution in [-0.4, -0.2) is 30.6 Å². The first-order valence-corrected chi connectivity index (χ1v) is 7.81. The highest BCUT2D eigenvalue weighted by Gasteiger charge is 2.12. The number of benzene rings is 1. The molecule has 0 aromatic heterocycles. The highest BCUT2D eigenvalue weighted by molar-refractivity contribution is 5.22. The molecule has 1 aliphatic heterocycles. The van der Waals surface area contributed by atoms with E-state index in [1.807, 2.05) is 0 Å². The molecular formula is C17H28N2. The molecule has 2 heteroatoms. The van der Waals surface area contributed by atoms with E-state index in [2.05, 4.69) is 48.3 Å². The predicted molar refractivity (Wildman–Crippen MR) is 82.4 cm³/mol. The molecular weight excluding hydrogens is 232 g/mol. The molecule has 1 aromatic carbocycles. The molecule has 19 heavy (non-hydrogen) atoms. The van der Waals surface area contributed by atoms with E-state index in [4.69, 9.17) is 0 Å². The number of hydrogen-bond acceptors (Lipinski definition) is 2.